The van der Waals surface area contributed by atoms with E-state index in [-0.39, 0.29) is 12.1 Å². The zero-order chi connectivity index (χ0) is 32.9. The summed E-state index contributed by atoms with van der Waals surface area (Å²) in [6.07, 6.45) is -4.39. The van der Waals surface area contributed by atoms with Crippen LogP contribution in [0.25, 0.3) is 0 Å². The molecule has 0 saturated heterocycles. The predicted molar refractivity (Wildman–Crippen MR) is 163 cm³/mol. The standard InChI is InChI=1S/C34H36ClF3N2O5/c1-7-44-26-16-23-17-32(2,3)40(39(31(42)34(36,37)38)19-20-9-8-10-24(35)15-20)28(21-11-13-22(14-12-21)30(41)43-6)27(23)25-18-33(4,5)45-29(25)26/h8-16,28H,7,17-19H2,1-6H3. The summed E-state index contributed by atoms with van der Waals surface area (Å²) in [5.74, 6) is -1.44. The molecule has 3 aromatic carbocycles. The van der Waals surface area contributed by atoms with Crippen LogP contribution in [0, 0.1) is 0 Å². The van der Waals surface area contributed by atoms with Gasteiger partial charge in [0.2, 0.25) is 0 Å². The minimum atomic E-state index is -5.17. The molecule has 0 saturated carbocycles. The number of hydrazine groups is 1. The number of ether oxygens (including phenoxy) is 3. The van der Waals surface area contributed by atoms with E-state index in [2.05, 4.69) is 0 Å². The van der Waals surface area contributed by atoms with E-state index in [4.69, 9.17) is 25.8 Å². The van der Waals surface area contributed by atoms with Crippen molar-refractivity contribution in [1.82, 2.24) is 10.0 Å². The maximum atomic E-state index is 14.4. The molecule has 3 aromatic rings. The van der Waals surface area contributed by atoms with Crippen molar-refractivity contribution in [3.8, 4) is 11.5 Å². The lowest BCUT2D eigenvalue weighted by Crippen LogP contribution is -2.62. The molecule has 240 valence electrons. The van der Waals surface area contributed by atoms with E-state index in [0.717, 1.165) is 21.7 Å². The Morgan fingerprint density at radius 3 is 2.36 bits per heavy atom. The van der Waals surface area contributed by atoms with Crippen molar-refractivity contribution in [2.45, 2.75) is 77.4 Å². The third-order valence-electron chi connectivity index (χ3n) is 8.12. The first-order valence-corrected chi connectivity index (χ1v) is 15.0. The average Bonchev–Trinajstić information content (AvgIpc) is 3.29. The monoisotopic (exact) mass is 644 g/mol. The maximum Gasteiger partial charge on any atom is 0.472 e. The number of esters is 1. The normalized spacial score (nSPS) is 18.4. The van der Waals surface area contributed by atoms with Crippen LogP contribution in [0.3, 0.4) is 0 Å². The number of amides is 1. The van der Waals surface area contributed by atoms with Crippen molar-refractivity contribution in [3.63, 3.8) is 0 Å². The van der Waals surface area contributed by atoms with Crippen LogP contribution in [0.1, 0.15) is 78.8 Å². The molecule has 11 heteroatoms. The fourth-order valence-electron chi connectivity index (χ4n) is 6.45. The second-order valence-corrected chi connectivity index (χ2v) is 13.0. The second-order valence-electron chi connectivity index (χ2n) is 12.6. The molecule has 0 radical (unpaired) electrons. The van der Waals surface area contributed by atoms with E-state index < -0.39 is 35.2 Å². The molecule has 1 atom stereocenters. The minimum absolute atomic E-state index is 0.284. The summed E-state index contributed by atoms with van der Waals surface area (Å²) >= 11 is 6.21. The van der Waals surface area contributed by atoms with Crippen molar-refractivity contribution in [3.05, 3.63) is 93.0 Å². The molecule has 2 aliphatic rings. The van der Waals surface area contributed by atoms with E-state index in [1.165, 1.54) is 12.1 Å². The van der Waals surface area contributed by atoms with Crippen LogP contribution in [-0.2, 0) is 28.9 Å². The number of nitrogens with zero attached hydrogens (tertiary/aromatic N) is 2. The number of hydrogen-bond acceptors (Lipinski definition) is 6. The van der Waals surface area contributed by atoms with Crippen LogP contribution < -0.4 is 9.47 Å². The van der Waals surface area contributed by atoms with Crippen LogP contribution in [0.4, 0.5) is 13.2 Å². The third kappa shape index (κ3) is 6.35. The van der Waals surface area contributed by atoms with Crippen LogP contribution >= 0.6 is 11.6 Å². The Morgan fingerprint density at radius 1 is 1.07 bits per heavy atom. The van der Waals surface area contributed by atoms with Crippen molar-refractivity contribution >= 4 is 23.5 Å². The zero-order valence-corrected chi connectivity index (χ0v) is 26.8. The zero-order valence-electron chi connectivity index (χ0n) is 26.0. The number of alkyl halides is 3. The number of hydrogen-bond donors (Lipinski definition) is 0. The molecule has 0 bridgehead atoms. The van der Waals surface area contributed by atoms with Gasteiger partial charge in [0.25, 0.3) is 0 Å². The minimum Gasteiger partial charge on any atom is -0.490 e. The van der Waals surface area contributed by atoms with Gasteiger partial charge >= 0.3 is 18.1 Å². The molecule has 0 fully saturated rings. The van der Waals surface area contributed by atoms with Crippen molar-refractivity contribution < 1.29 is 37.0 Å². The van der Waals surface area contributed by atoms with Gasteiger partial charge in [-0.1, -0.05) is 35.9 Å². The molecule has 0 aromatic heterocycles. The first-order chi connectivity index (χ1) is 21.1. The summed E-state index contributed by atoms with van der Waals surface area (Å²) in [5, 5.41) is 2.66. The Balaban J connectivity index is 1.79. The summed E-state index contributed by atoms with van der Waals surface area (Å²) < 4.78 is 60.5. The van der Waals surface area contributed by atoms with E-state index in [1.54, 1.807) is 48.5 Å². The van der Waals surface area contributed by atoms with Crippen molar-refractivity contribution in [1.29, 1.82) is 0 Å². The first kappa shape index (κ1) is 32.6. The second kappa shape index (κ2) is 11.9. The number of methoxy groups -OCH3 is 1. The lowest BCUT2D eigenvalue weighted by atomic mass is 9.77. The van der Waals surface area contributed by atoms with Crippen LogP contribution in [-0.4, -0.2) is 52.9 Å². The summed E-state index contributed by atoms with van der Waals surface area (Å²) in [7, 11) is 1.27. The lowest BCUT2D eigenvalue weighted by molar-refractivity contribution is -0.218. The number of carbonyl (C=O) groups is 2. The van der Waals surface area contributed by atoms with E-state index in [0.29, 0.717) is 47.1 Å². The highest BCUT2D eigenvalue weighted by Gasteiger charge is 2.53. The maximum absolute atomic E-state index is 14.4. The van der Waals surface area contributed by atoms with Crippen LogP contribution in [0.15, 0.2) is 54.6 Å². The van der Waals surface area contributed by atoms with Gasteiger partial charge in [-0.2, -0.15) is 13.2 Å². The predicted octanol–water partition coefficient (Wildman–Crippen LogP) is 7.47. The smallest absolute Gasteiger partial charge is 0.472 e. The largest absolute Gasteiger partial charge is 0.490 e. The lowest BCUT2D eigenvalue weighted by Gasteiger charge is -2.53. The van der Waals surface area contributed by atoms with Gasteiger partial charge in [-0.25, -0.2) is 9.80 Å². The molecule has 2 heterocycles. The fraction of sp³-hybridized carbons (Fsp3) is 0.412. The number of carbonyl (C=O) groups excluding carboxylic acids is 2. The van der Waals surface area contributed by atoms with Gasteiger partial charge in [0.1, 0.15) is 5.60 Å². The third-order valence-corrected chi connectivity index (χ3v) is 8.36. The van der Waals surface area contributed by atoms with Gasteiger partial charge < -0.3 is 14.2 Å². The Bertz CT molecular complexity index is 1620. The van der Waals surface area contributed by atoms with Gasteiger partial charge in [-0.3, -0.25) is 9.80 Å². The number of benzene rings is 3. The summed E-state index contributed by atoms with van der Waals surface area (Å²) in [6, 6.07) is 14.0. The van der Waals surface area contributed by atoms with Gasteiger partial charge in [-0.15, -0.1) is 0 Å². The molecule has 0 N–H and O–H groups in total. The highest BCUT2D eigenvalue weighted by atomic mass is 35.5. The highest BCUT2D eigenvalue weighted by Crippen LogP contribution is 2.53. The van der Waals surface area contributed by atoms with Crippen LogP contribution in [0.5, 0.6) is 11.5 Å². The fourth-order valence-corrected chi connectivity index (χ4v) is 6.67. The molecule has 45 heavy (non-hydrogen) atoms. The Hall–Kier alpha value is -3.76. The Morgan fingerprint density at radius 2 is 1.76 bits per heavy atom. The quantitative estimate of drug-likeness (QED) is 0.249. The molecule has 7 nitrogen and oxygen atoms in total. The first-order valence-electron chi connectivity index (χ1n) is 14.7. The molecular formula is C34H36ClF3N2O5. The Kier molecular flexibility index (Phi) is 8.61. The van der Waals surface area contributed by atoms with Gasteiger partial charge in [0.05, 0.1) is 31.9 Å². The average molecular weight is 645 g/mol. The van der Waals surface area contributed by atoms with Gasteiger partial charge in [0.15, 0.2) is 11.5 Å². The van der Waals surface area contributed by atoms with Crippen LogP contribution in [0.2, 0.25) is 5.02 Å². The number of fused-ring (bicyclic) bond motifs is 3. The molecular weight excluding hydrogens is 609 g/mol. The van der Waals surface area contributed by atoms with Gasteiger partial charge in [0, 0.05) is 22.5 Å². The topological polar surface area (TPSA) is 68.3 Å². The van der Waals surface area contributed by atoms with Crippen molar-refractivity contribution in [2.24, 2.45) is 0 Å². The molecule has 2 aliphatic heterocycles. The summed E-state index contributed by atoms with van der Waals surface area (Å²) in [4.78, 5) is 25.7. The SMILES string of the molecule is CCOc1cc2c(c3c1OC(C)(C)C3)C(c1ccc(C(=O)OC)cc1)N(N(Cc1cccc(Cl)c1)C(=O)C(F)(F)F)C(C)(C)C2. The van der Waals surface area contributed by atoms with Gasteiger partial charge in [-0.05, 0) is 93.6 Å². The van der Waals surface area contributed by atoms with E-state index in [9.17, 15) is 22.8 Å². The number of halogens is 4. The highest BCUT2D eigenvalue weighted by molar-refractivity contribution is 6.30. The molecule has 5 rings (SSSR count). The van der Waals surface area contributed by atoms with E-state index >= 15 is 0 Å². The summed E-state index contributed by atoms with van der Waals surface area (Å²) in [5.41, 5.74) is 2.12. The van der Waals surface area contributed by atoms with E-state index in [1.807, 2.05) is 40.7 Å². The molecule has 1 unspecified atom stereocenters. The Labute approximate surface area is 265 Å². The molecule has 1 amide bonds. The molecule has 0 aliphatic carbocycles. The number of rotatable bonds is 7. The summed E-state index contributed by atoms with van der Waals surface area (Å²) in [6.45, 7) is 9.41. The molecule has 0 spiro atoms. The van der Waals surface area contributed by atoms with Crippen molar-refractivity contribution in [2.75, 3.05) is 13.7 Å².